The molecule has 1 aromatic heterocycles. The molecule has 7 heteroatoms. The fourth-order valence-electron chi connectivity index (χ4n) is 3.73. The van der Waals surface area contributed by atoms with Crippen LogP contribution in [0.15, 0.2) is 33.7 Å². The molecule has 1 fully saturated rings. The second-order valence-electron chi connectivity index (χ2n) is 6.69. The third kappa shape index (κ3) is 3.43. The Bertz CT molecular complexity index is 815. The average Bonchev–Trinajstić information content (AvgIpc) is 3.21. The predicted octanol–water partition coefficient (Wildman–Crippen LogP) is 3.09. The zero-order valence-corrected chi connectivity index (χ0v) is 15.6. The van der Waals surface area contributed by atoms with Crippen molar-refractivity contribution in [1.82, 2.24) is 9.88 Å². The third-order valence-electron chi connectivity index (χ3n) is 5.10. The Morgan fingerprint density at radius 1 is 1.20 bits per heavy atom. The van der Waals surface area contributed by atoms with E-state index in [1.165, 1.54) is 0 Å². The molecule has 6 nitrogen and oxygen atoms in total. The Balaban J connectivity index is 1.85. The number of hydrogen-bond donors (Lipinski definition) is 1. The molecule has 0 atom stereocenters. The van der Waals surface area contributed by atoms with Gasteiger partial charge in [-0.05, 0) is 44.4 Å². The first kappa shape index (κ1) is 17.9. The van der Waals surface area contributed by atoms with E-state index in [1.54, 1.807) is 21.0 Å². The minimum Gasteiger partial charge on any atom is -0.497 e. The number of rotatable bonds is 6. The monoisotopic (exact) mass is 364 g/mol. The van der Waals surface area contributed by atoms with Crippen LogP contribution in [-0.2, 0) is 15.4 Å². The lowest BCUT2D eigenvalue weighted by atomic mass is 9.79. The molecule has 0 bridgehead atoms. The predicted molar refractivity (Wildman–Crippen MR) is 94.3 cm³/mol. The van der Waals surface area contributed by atoms with Crippen LogP contribution in [0.2, 0.25) is 0 Å². The molecule has 0 radical (unpaired) electrons. The van der Waals surface area contributed by atoms with Gasteiger partial charge in [-0.25, -0.2) is 13.1 Å². The Morgan fingerprint density at radius 2 is 1.84 bits per heavy atom. The molecule has 1 N–H and O–H groups in total. The van der Waals surface area contributed by atoms with Gasteiger partial charge in [0, 0.05) is 12.0 Å². The number of sulfonamides is 1. The Morgan fingerprint density at radius 3 is 2.36 bits per heavy atom. The number of nitrogens with zero attached hydrogens (tertiary/aromatic N) is 1. The van der Waals surface area contributed by atoms with E-state index in [1.807, 2.05) is 24.3 Å². The number of aryl methyl sites for hydroxylation is 2. The van der Waals surface area contributed by atoms with E-state index in [2.05, 4.69) is 9.88 Å². The largest absolute Gasteiger partial charge is 0.497 e. The molecule has 1 aliphatic carbocycles. The minimum absolute atomic E-state index is 0.148. The van der Waals surface area contributed by atoms with Gasteiger partial charge in [0.25, 0.3) is 0 Å². The maximum atomic E-state index is 12.7. The number of benzene rings is 1. The van der Waals surface area contributed by atoms with E-state index in [0.717, 1.165) is 37.0 Å². The highest BCUT2D eigenvalue weighted by molar-refractivity contribution is 7.89. The molecule has 136 valence electrons. The third-order valence-corrected chi connectivity index (χ3v) is 6.74. The minimum atomic E-state index is -3.66. The number of ether oxygens (including phenoxy) is 1. The highest BCUT2D eigenvalue weighted by atomic mass is 32.2. The summed E-state index contributed by atoms with van der Waals surface area (Å²) in [7, 11) is -2.02. The molecule has 25 heavy (non-hydrogen) atoms. The normalized spacial score (nSPS) is 16.9. The van der Waals surface area contributed by atoms with Gasteiger partial charge in [0.15, 0.2) is 5.76 Å². The molecule has 1 aliphatic rings. The summed E-state index contributed by atoms with van der Waals surface area (Å²) in [4.78, 5) is 0.148. The number of aromatic nitrogens is 1. The summed E-state index contributed by atoms with van der Waals surface area (Å²) in [5.41, 5.74) is 1.35. The van der Waals surface area contributed by atoms with Gasteiger partial charge in [0.1, 0.15) is 16.3 Å². The van der Waals surface area contributed by atoms with Gasteiger partial charge in [-0.1, -0.05) is 30.1 Å². The van der Waals surface area contributed by atoms with Crippen LogP contribution < -0.4 is 9.46 Å². The van der Waals surface area contributed by atoms with Gasteiger partial charge in [-0.3, -0.25) is 0 Å². The standard InChI is InChI=1S/C18H24N2O4S/c1-13-17(14(2)24-20-13)25(21,22)19-12-18(10-4-5-11-18)15-6-8-16(23-3)9-7-15/h6-9,19H,4-5,10-12H2,1-3H3. The van der Waals surface area contributed by atoms with Gasteiger partial charge in [-0.15, -0.1) is 0 Å². The smallest absolute Gasteiger partial charge is 0.245 e. The first-order chi connectivity index (χ1) is 11.9. The zero-order valence-electron chi connectivity index (χ0n) is 14.8. The summed E-state index contributed by atoms with van der Waals surface area (Å²) in [6.45, 7) is 3.62. The Labute approximate surface area is 148 Å². The highest BCUT2D eigenvalue weighted by Crippen LogP contribution is 2.41. The van der Waals surface area contributed by atoms with Crippen LogP contribution in [0.5, 0.6) is 5.75 Å². The second-order valence-corrected chi connectivity index (χ2v) is 8.40. The molecule has 0 amide bonds. The molecular formula is C18H24N2O4S. The fourth-order valence-corrected chi connectivity index (χ4v) is 5.18. The van der Waals surface area contributed by atoms with Gasteiger partial charge < -0.3 is 9.26 Å². The fraction of sp³-hybridized carbons (Fsp3) is 0.500. The maximum Gasteiger partial charge on any atom is 0.245 e. The molecule has 0 unspecified atom stereocenters. The van der Waals surface area contributed by atoms with Gasteiger partial charge in [-0.2, -0.15) is 0 Å². The lowest BCUT2D eigenvalue weighted by Gasteiger charge is -2.30. The number of hydrogen-bond acceptors (Lipinski definition) is 5. The highest BCUT2D eigenvalue weighted by Gasteiger charge is 2.37. The van der Waals surface area contributed by atoms with Crippen molar-refractivity contribution < 1.29 is 17.7 Å². The average molecular weight is 364 g/mol. The SMILES string of the molecule is COc1ccc(C2(CNS(=O)(=O)c3c(C)noc3C)CCCC2)cc1. The van der Waals surface area contributed by atoms with Gasteiger partial charge >= 0.3 is 0 Å². The molecule has 1 saturated carbocycles. The summed E-state index contributed by atoms with van der Waals surface area (Å²) >= 11 is 0. The van der Waals surface area contributed by atoms with E-state index < -0.39 is 10.0 Å². The van der Waals surface area contributed by atoms with Crippen molar-refractivity contribution in [3.05, 3.63) is 41.3 Å². The van der Waals surface area contributed by atoms with Crippen molar-refractivity contribution in [1.29, 1.82) is 0 Å². The van der Waals surface area contributed by atoms with Crippen molar-refractivity contribution in [3.63, 3.8) is 0 Å². The summed E-state index contributed by atoms with van der Waals surface area (Å²) < 4.78 is 38.5. The van der Waals surface area contributed by atoms with Crippen molar-refractivity contribution in [3.8, 4) is 5.75 Å². The molecule has 1 heterocycles. The molecular weight excluding hydrogens is 340 g/mol. The Kier molecular flexibility index (Phi) is 4.88. The van der Waals surface area contributed by atoms with Crippen molar-refractivity contribution >= 4 is 10.0 Å². The zero-order chi connectivity index (χ0) is 18.1. The van der Waals surface area contributed by atoms with E-state index in [-0.39, 0.29) is 10.3 Å². The van der Waals surface area contributed by atoms with Gasteiger partial charge in [0.05, 0.1) is 7.11 Å². The van der Waals surface area contributed by atoms with E-state index in [0.29, 0.717) is 18.0 Å². The molecule has 3 rings (SSSR count). The van der Waals surface area contributed by atoms with Crippen molar-refractivity contribution in [2.45, 2.75) is 49.8 Å². The van der Waals surface area contributed by atoms with Crippen LogP contribution >= 0.6 is 0 Å². The molecule has 0 aliphatic heterocycles. The summed E-state index contributed by atoms with van der Waals surface area (Å²) in [6, 6.07) is 7.93. The Hall–Kier alpha value is -1.86. The van der Waals surface area contributed by atoms with Crippen LogP contribution in [0.4, 0.5) is 0 Å². The van der Waals surface area contributed by atoms with E-state index >= 15 is 0 Å². The summed E-state index contributed by atoms with van der Waals surface area (Å²) in [5.74, 6) is 1.11. The molecule has 0 spiro atoms. The number of nitrogens with one attached hydrogen (secondary N) is 1. The quantitative estimate of drug-likeness (QED) is 0.852. The molecule has 0 saturated heterocycles. The molecule has 2 aromatic rings. The van der Waals surface area contributed by atoms with Gasteiger partial charge in [0.2, 0.25) is 10.0 Å². The maximum absolute atomic E-state index is 12.7. The van der Waals surface area contributed by atoms with E-state index in [9.17, 15) is 8.42 Å². The lowest BCUT2D eigenvalue weighted by Crippen LogP contribution is -2.39. The van der Waals surface area contributed by atoms with E-state index in [4.69, 9.17) is 9.26 Å². The van der Waals surface area contributed by atoms with Crippen LogP contribution in [-0.4, -0.2) is 27.2 Å². The summed E-state index contributed by atoms with van der Waals surface area (Å²) in [6.07, 6.45) is 4.12. The van der Waals surface area contributed by atoms with Crippen LogP contribution in [0.1, 0.15) is 42.7 Å². The van der Waals surface area contributed by atoms with Crippen LogP contribution in [0, 0.1) is 13.8 Å². The van der Waals surface area contributed by atoms with Crippen molar-refractivity contribution in [2.75, 3.05) is 13.7 Å². The second kappa shape index (κ2) is 6.80. The topological polar surface area (TPSA) is 81.4 Å². The first-order valence-electron chi connectivity index (χ1n) is 8.45. The molecule has 1 aromatic carbocycles. The van der Waals surface area contributed by atoms with Crippen LogP contribution in [0.3, 0.4) is 0 Å². The van der Waals surface area contributed by atoms with Crippen LogP contribution in [0.25, 0.3) is 0 Å². The lowest BCUT2D eigenvalue weighted by molar-refractivity contribution is 0.390. The van der Waals surface area contributed by atoms with Crippen molar-refractivity contribution in [2.24, 2.45) is 0 Å². The first-order valence-corrected chi connectivity index (χ1v) is 9.93. The summed E-state index contributed by atoms with van der Waals surface area (Å²) in [5, 5.41) is 3.75. The number of methoxy groups -OCH3 is 1.